The Morgan fingerprint density at radius 3 is 2.57 bits per heavy atom. The molecule has 5 nitrogen and oxygen atoms in total. The van der Waals surface area contributed by atoms with Gasteiger partial charge in [-0.3, -0.25) is 4.79 Å². The standard InChI is InChI=1S/C14H19FN2O3S/c1-11(10-12-6-2-3-7-13(12)15)14(18)16-21(19,20)17-8-4-5-9-17/h2-3,6-7,11H,4-5,8-10H2,1H3,(H,16,18)/t11-/m1/s1. The molecule has 0 bridgehead atoms. The quantitative estimate of drug-likeness (QED) is 0.895. The van der Waals surface area contributed by atoms with E-state index in [9.17, 15) is 17.6 Å². The fourth-order valence-corrected chi connectivity index (χ4v) is 3.63. The minimum atomic E-state index is -3.77. The molecule has 7 heteroatoms. The lowest BCUT2D eigenvalue weighted by Crippen LogP contribution is -2.44. The van der Waals surface area contributed by atoms with Crippen molar-refractivity contribution in [2.45, 2.75) is 26.2 Å². The topological polar surface area (TPSA) is 66.5 Å². The maximum absolute atomic E-state index is 13.5. The van der Waals surface area contributed by atoms with Gasteiger partial charge < -0.3 is 0 Å². The summed E-state index contributed by atoms with van der Waals surface area (Å²) < 4.78 is 40.9. The largest absolute Gasteiger partial charge is 0.303 e. The van der Waals surface area contributed by atoms with Crippen molar-refractivity contribution in [2.75, 3.05) is 13.1 Å². The van der Waals surface area contributed by atoms with Crippen molar-refractivity contribution in [2.24, 2.45) is 5.92 Å². The summed E-state index contributed by atoms with van der Waals surface area (Å²) in [4.78, 5) is 12.0. The molecule has 0 radical (unpaired) electrons. The van der Waals surface area contributed by atoms with Crippen LogP contribution in [0.1, 0.15) is 25.3 Å². The van der Waals surface area contributed by atoms with Crippen LogP contribution in [0.25, 0.3) is 0 Å². The van der Waals surface area contributed by atoms with Gasteiger partial charge in [-0.1, -0.05) is 25.1 Å². The number of nitrogens with zero attached hydrogens (tertiary/aromatic N) is 1. The van der Waals surface area contributed by atoms with Crippen LogP contribution < -0.4 is 4.72 Å². The molecular formula is C14H19FN2O3S. The van der Waals surface area contributed by atoms with E-state index in [1.54, 1.807) is 25.1 Å². The number of benzene rings is 1. The highest BCUT2D eigenvalue weighted by atomic mass is 32.2. The van der Waals surface area contributed by atoms with Crippen molar-refractivity contribution in [3.05, 3.63) is 35.6 Å². The Balaban J connectivity index is 1.98. The second-order valence-electron chi connectivity index (χ2n) is 5.27. The van der Waals surface area contributed by atoms with Gasteiger partial charge in [0.15, 0.2) is 0 Å². The van der Waals surface area contributed by atoms with Gasteiger partial charge in [0.2, 0.25) is 5.91 Å². The van der Waals surface area contributed by atoms with Crippen LogP contribution >= 0.6 is 0 Å². The van der Waals surface area contributed by atoms with E-state index in [0.717, 1.165) is 12.8 Å². The van der Waals surface area contributed by atoms with E-state index in [1.165, 1.54) is 10.4 Å². The molecular weight excluding hydrogens is 295 g/mol. The monoisotopic (exact) mass is 314 g/mol. The number of carbonyl (C=O) groups is 1. The molecule has 2 rings (SSSR count). The summed E-state index contributed by atoms with van der Waals surface area (Å²) in [5, 5.41) is 0. The summed E-state index contributed by atoms with van der Waals surface area (Å²) >= 11 is 0. The SMILES string of the molecule is C[C@H](Cc1ccccc1F)C(=O)NS(=O)(=O)N1CCCC1. The smallest absolute Gasteiger partial charge is 0.274 e. The molecule has 1 atom stereocenters. The second kappa shape index (κ2) is 6.53. The molecule has 0 aromatic heterocycles. The lowest BCUT2D eigenvalue weighted by Gasteiger charge is -2.18. The number of hydrogen-bond donors (Lipinski definition) is 1. The molecule has 1 amide bonds. The van der Waals surface area contributed by atoms with Crippen molar-refractivity contribution in [1.29, 1.82) is 0 Å². The van der Waals surface area contributed by atoms with E-state index < -0.39 is 22.0 Å². The second-order valence-corrected chi connectivity index (χ2v) is 6.94. The van der Waals surface area contributed by atoms with Gasteiger partial charge in [-0.05, 0) is 30.9 Å². The van der Waals surface area contributed by atoms with E-state index in [1.807, 2.05) is 0 Å². The molecule has 1 N–H and O–H groups in total. The van der Waals surface area contributed by atoms with Crippen LogP contribution in [-0.4, -0.2) is 31.7 Å². The van der Waals surface area contributed by atoms with Gasteiger partial charge >= 0.3 is 10.2 Å². The predicted octanol–water partition coefficient (Wildman–Crippen LogP) is 1.46. The average Bonchev–Trinajstić information content (AvgIpc) is 2.95. The third-order valence-electron chi connectivity index (χ3n) is 3.57. The average molecular weight is 314 g/mol. The molecule has 0 unspecified atom stereocenters. The Hall–Kier alpha value is -1.47. The molecule has 1 aromatic rings. The molecule has 1 aromatic carbocycles. The number of nitrogens with one attached hydrogen (secondary N) is 1. The molecule has 1 fully saturated rings. The zero-order valence-corrected chi connectivity index (χ0v) is 12.7. The first-order valence-electron chi connectivity index (χ1n) is 6.95. The highest BCUT2D eigenvalue weighted by Crippen LogP contribution is 2.15. The summed E-state index contributed by atoms with van der Waals surface area (Å²) in [6, 6.07) is 6.17. The Bertz CT molecular complexity index is 612. The third-order valence-corrected chi connectivity index (χ3v) is 5.07. The Kier molecular flexibility index (Phi) is 4.95. The number of carbonyl (C=O) groups excluding carboxylic acids is 1. The number of halogens is 1. The summed E-state index contributed by atoms with van der Waals surface area (Å²) in [5.74, 6) is -1.62. The molecule has 1 saturated heterocycles. The maximum Gasteiger partial charge on any atom is 0.303 e. The van der Waals surface area contributed by atoms with Crippen LogP contribution in [0.5, 0.6) is 0 Å². The van der Waals surface area contributed by atoms with Crippen LogP contribution in [0.15, 0.2) is 24.3 Å². The Morgan fingerprint density at radius 2 is 1.95 bits per heavy atom. The van der Waals surface area contributed by atoms with E-state index in [2.05, 4.69) is 4.72 Å². The lowest BCUT2D eigenvalue weighted by atomic mass is 10.0. The van der Waals surface area contributed by atoms with Crippen molar-refractivity contribution >= 4 is 16.1 Å². The van der Waals surface area contributed by atoms with Crippen LogP contribution in [0.3, 0.4) is 0 Å². The van der Waals surface area contributed by atoms with E-state index in [-0.39, 0.29) is 12.2 Å². The Morgan fingerprint density at radius 1 is 1.33 bits per heavy atom. The molecule has 1 aliphatic rings. The van der Waals surface area contributed by atoms with E-state index >= 15 is 0 Å². The zero-order chi connectivity index (χ0) is 15.5. The van der Waals surface area contributed by atoms with Crippen LogP contribution in [-0.2, 0) is 21.4 Å². The zero-order valence-electron chi connectivity index (χ0n) is 11.9. The molecule has 21 heavy (non-hydrogen) atoms. The highest BCUT2D eigenvalue weighted by molar-refractivity contribution is 7.87. The molecule has 116 valence electrons. The summed E-state index contributed by atoms with van der Waals surface area (Å²) in [7, 11) is -3.77. The van der Waals surface area contributed by atoms with Crippen LogP contribution in [0.4, 0.5) is 4.39 Å². The fraction of sp³-hybridized carbons (Fsp3) is 0.500. The van der Waals surface area contributed by atoms with Gasteiger partial charge in [0.1, 0.15) is 5.82 Å². The molecule has 0 spiro atoms. The molecule has 0 saturated carbocycles. The van der Waals surface area contributed by atoms with Gasteiger partial charge in [0, 0.05) is 19.0 Å². The van der Waals surface area contributed by atoms with Crippen molar-refractivity contribution < 1.29 is 17.6 Å². The van der Waals surface area contributed by atoms with Crippen molar-refractivity contribution in [3.63, 3.8) is 0 Å². The van der Waals surface area contributed by atoms with E-state index in [0.29, 0.717) is 18.7 Å². The van der Waals surface area contributed by atoms with Crippen molar-refractivity contribution in [1.82, 2.24) is 9.03 Å². The fourth-order valence-electron chi connectivity index (χ4n) is 2.31. The van der Waals surface area contributed by atoms with Gasteiger partial charge in [0.05, 0.1) is 0 Å². The first kappa shape index (κ1) is 15.9. The van der Waals surface area contributed by atoms with Crippen LogP contribution in [0, 0.1) is 11.7 Å². The van der Waals surface area contributed by atoms with Gasteiger partial charge in [-0.25, -0.2) is 9.11 Å². The molecule has 1 aliphatic heterocycles. The van der Waals surface area contributed by atoms with Gasteiger partial charge in [0.25, 0.3) is 0 Å². The number of hydrogen-bond acceptors (Lipinski definition) is 3. The summed E-state index contributed by atoms with van der Waals surface area (Å²) in [6.07, 6.45) is 1.77. The first-order valence-corrected chi connectivity index (χ1v) is 8.39. The number of rotatable bonds is 5. The van der Waals surface area contributed by atoms with Gasteiger partial charge in [-0.2, -0.15) is 12.7 Å². The molecule has 0 aliphatic carbocycles. The molecule has 1 heterocycles. The normalized spacial score (nSPS) is 17.6. The lowest BCUT2D eigenvalue weighted by molar-refractivity contribution is -0.122. The highest BCUT2D eigenvalue weighted by Gasteiger charge is 2.28. The number of amides is 1. The minimum absolute atomic E-state index is 0.161. The summed E-state index contributed by atoms with van der Waals surface area (Å²) in [5.41, 5.74) is 0.402. The maximum atomic E-state index is 13.5. The minimum Gasteiger partial charge on any atom is -0.274 e. The third kappa shape index (κ3) is 4.01. The first-order chi connectivity index (χ1) is 9.90. The predicted molar refractivity (Wildman–Crippen MR) is 77.1 cm³/mol. The van der Waals surface area contributed by atoms with Gasteiger partial charge in [-0.15, -0.1) is 0 Å². The Labute approximate surface area is 124 Å². The summed E-state index contributed by atoms with van der Waals surface area (Å²) in [6.45, 7) is 2.45. The van der Waals surface area contributed by atoms with Crippen molar-refractivity contribution in [3.8, 4) is 0 Å². The van der Waals surface area contributed by atoms with E-state index in [4.69, 9.17) is 0 Å². The van der Waals surface area contributed by atoms with Crippen LogP contribution in [0.2, 0.25) is 0 Å².